The van der Waals surface area contributed by atoms with Gasteiger partial charge >= 0.3 is 5.97 Å². The molecule has 0 radical (unpaired) electrons. The molecule has 0 aromatic heterocycles. The number of amides is 1. The molecule has 0 bridgehead atoms. The van der Waals surface area contributed by atoms with Crippen LogP contribution in [0, 0.1) is 0 Å². The van der Waals surface area contributed by atoms with E-state index in [1.54, 1.807) is 24.3 Å². The van der Waals surface area contributed by atoms with Gasteiger partial charge in [-0.05, 0) is 29.2 Å². The Bertz CT molecular complexity index is 856. The van der Waals surface area contributed by atoms with Crippen molar-refractivity contribution in [1.29, 1.82) is 0 Å². The van der Waals surface area contributed by atoms with Gasteiger partial charge in [-0.15, -0.1) is 0 Å². The molecule has 0 spiro atoms. The van der Waals surface area contributed by atoms with Gasteiger partial charge in [0, 0.05) is 5.56 Å². The van der Waals surface area contributed by atoms with Gasteiger partial charge in [0.1, 0.15) is 11.5 Å². The Morgan fingerprint density at radius 1 is 1.00 bits per heavy atom. The summed E-state index contributed by atoms with van der Waals surface area (Å²) >= 11 is 0. The molecule has 7 nitrogen and oxygen atoms in total. The molecule has 0 heterocycles. The fraction of sp³-hybridized carbons (Fsp3) is 0.286. The number of nitrogens with one attached hydrogen (secondary N) is 1. The van der Waals surface area contributed by atoms with Crippen LogP contribution in [-0.4, -0.2) is 36.4 Å². The van der Waals surface area contributed by atoms with Crippen molar-refractivity contribution in [3.8, 4) is 11.5 Å². The Balaban J connectivity index is 1.93. The van der Waals surface area contributed by atoms with Crippen molar-refractivity contribution in [3.05, 3.63) is 59.7 Å². The minimum Gasteiger partial charge on any atom is -0.483 e. The number of benzene rings is 2. The summed E-state index contributed by atoms with van der Waals surface area (Å²) in [5, 5.41) is 12.6. The molecule has 28 heavy (non-hydrogen) atoms. The van der Waals surface area contributed by atoms with E-state index in [-0.39, 0.29) is 12.0 Å². The zero-order valence-electron chi connectivity index (χ0n) is 16.1. The van der Waals surface area contributed by atoms with Crippen LogP contribution in [-0.2, 0) is 15.0 Å². The predicted octanol–water partition coefficient (Wildman–Crippen LogP) is 2.98. The van der Waals surface area contributed by atoms with E-state index in [1.807, 2.05) is 24.3 Å². The van der Waals surface area contributed by atoms with Crippen molar-refractivity contribution in [1.82, 2.24) is 5.43 Å². The number of carboxylic acids is 1. The van der Waals surface area contributed by atoms with E-state index < -0.39 is 18.5 Å². The lowest BCUT2D eigenvalue weighted by molar-refractivity contribution is -0.139. The first-order chi connectivity index (χ1) is 13.3. The van der Waals surface area contributed by atoms with Gasteiger partial charge in [0.15, 0.2) is 13.2 Å². The number of ether oxygens (including phenoxy) is 2. The number of para-hydroxylation sites is 2. The minimum absolute atomic E-state index is 0.106. The number of carbonyl (C=O) groups is 2. The van der Waals surface area contributed by atoms with Crippen LogP contribution >= 0.6 is 0 Å². The van der Waals surface area contributed by atoms with E-state index in [0.717, 1.165) is 5.56 Å². The van der Waals surface area contributed by atoms with E-state index in [4.69, 9.17) is 14.6 Å². The fourth-order valence-corrected chi connectivity index (χ4v) is 2.42. The highest BCUT2D eigenvalue weighted by molar-refractivity contribution is 5.85. The van der Waals surface area contributed by atoms with Gasteiger partial charge in [-0.2, -0.15) is 5.10 Å². The van der Waals surface area contributed by atoms with Crippen molar-refractivity contribution in [3.63, 3.8) is 0 Å². The lowest BCUT2D eigenvalue weighted by Gasteiger charge is -2.22. The van der Waals surface area contributed by atoms with Crippen LogP contribution in [0.5, 0.6) is 11.5 Å². The maximum atomic E-state index is 12.0. The zero-order valence-corrected chi connectivity index (χ0v) is 16.1. The fourth-order valence-electron chi connectivity index (χ4n) is 2.42. The van der Waals surface area contributed by atoms with E-state index in [1.165, 1.54) is 6.21 Å². The Morgan fingerprint density at radius 3 is 2.29 bits per heavy atom. The van der Waals surface area contributed by atoms with E-state index in [9.17, 15) is 9.59 Å². The highest BCUT2D eigenvalue weighted by Crippen LogP contribution is 2.30. The third-order valence-corrected chi connectivity index (χ3v) is 3.72. The topological polar surface area (TPSA) is 97.2 Å². The molecular weight excluding hydrogens is 360 g/mol. The summed E-state index contributed by atoms with van der Waals surface area (Å²) in [4.78, 5) is 22.6. The van der Waals surface area contributed by atoms with Gasteiger partial charge < -0.3 is 14.6 Å². The maximum absolute atomic E-state index is 12.0. The van der Waals surface area contributed by atoms with Gasteiger partial charge in [0.05, 0.1) is 6.21 Å². The van der Waals surface area contributed by atoms with Crippen LogP contribution in [0.25, 0.3) is 0 Å². The number of aliphatic carboxylic acids is 1. The predicted molar refractivity (Wildman–Crippen MR) is 106 cm³/mol. The molecule has 2 rings (SSSR count). The Morgan fingerprint density at radius 2 is 1.61 bits per heavy atom. The van der Waals surface area contributed by atoms with E-state index in [2.05, 4.69) is 31.3 Å². The third-order valence-electron chi connectivity index (χ3n) is 3.72. The number of nitrogens with zero attached hydrogens (tertiary/aromatic N) is 1. The van der Waals surface area contributed by atoms with Crippen molar-refractivity contribution in [2.24, 2.45) is 5.10 Å². The molecule has 0 unspecified atom stereocenters. The van der Waals surface area contributed by atoms with Crippen molar-refractivity contribution >= 4 is 18.1 Å². The SMILES string of the molecule is CC(C)(C)c1ccccc1OCC(=O)N/N=C/c1ccccc1OCC(=O)O. The molecule has 0 fully saturated rings. The number of hydrogen-bond acceptors (Lipinski definition) is 5. The number of carbonyl (C=O) groups excluding carboxylic acids is 1. The second kappa shape index (κ2) is 9.55. The summed E-state index contributed by atoms with van der Waals surface area (Å²) in [5.74, 6) is -0.476. The molecule has 2 aromatic rings. The number of rotatable bonds is 8. The van der Waals surface area contributed by atoms with Crippen LogP contribution in [0.4, 0.5) is 0 Å². The molecular formula is C21H24N2O5. The highest BCUT2D eigenvalue weighted by Gasteiger charge is 2.18. The third kappa shape index (κ3) is 6.42. The van der Waals surface area contributed by atoms with E-state index in [0.29, 0.717) is 17.1 Å². The van der Waals surface area contributed by atoms with Crippen LogP contribution in [0.2, 0.25) is 0 Å². The molecule has 0 aliphatic carbocycles. The Labute approximate surface area is 164 Å². The quantitative estimate of drug-likeness (QED) is 0.539. The Hall–Kier alpha value is -3.35. The Kier molecular flexibility index (Phi) is 7.14. The largest absolute Gasteiger partial charge is 0.483 e. The average Bonchev–Trinajstić information content (AvgIpc) is 2.65. The first kappa shape index (κ1) is 21.0. The van der Waals surface area contributed by atoms with Gasteiger partial charge in [-0.3, -0.25) is 4.79 Å². The van der Waals surface area contributed by atoms with Crippen molar-refractivity contribution < 1.29 is 24.2 Å². The average molecular weight is 384 g/mol. The number of carboxylic acid groups (broad SMARTS) is 1. The highest BCUT2D eigenvalue weighted by atomic mass is 16.5. The first-order valence-electron chi connectivity index (χ1n) is 8.75. The molecule has 2 N–H and O–H groups in total. The van der Waals surface area contributed by atoms with Crippen LogP contribution in [0.1, 0.15) is 31.9 Å². The zero-order chi connectivity index (χ0) is 20.6. The second-order valence-electron chi connectivity index (χ2n) is 7.05. The monoisotopic (exact) mass is 384 g/mol. The lowest BCUT2D eigenvalue weighted by atomic mass is 9.86. The minimum atomic E-state index is -1.08. The summed E-state index contributed by atoms with van der Waals surface area (Å²) in [6, 6.07) is 14.4. The van der Waals surface area contributed by atoms with Gasteiger partial charge in [0.2, 0.25) is 0 Å². The molecule has 0 aliphatic rings. The molecule has 0 saturated heterocycles. The molecule has 2 aromatic carbocycles. The van der Waals surface area contributed by atoms with Crippen molar-refractivity contribution in [2.75, 3.05) is 13.2 Å². The second-order valence-corrected chi connectivity index (χ2v) is 7.05. The molecule has 7 heteroatoms. The smallest absolute Gasteiger partial charge is 0.341 e. The number of hydrogen-bond donors (Lipinski definition) is 2. The first-order valence-corrected chi connectivity index (χ1v) is 8.75. The van der Waals surface area contributed by atoms with E-state index >= 15 is 0 Å². The number of hydrazone groups is 1. The molecule has 1 amide bonds. The molecule has 0 aliphatic heterocycles. The van der Waals surface area contributed by atoms with Gasteiger partial charge in [-0.25, -0.2) is 10.2 Å². The van der Waals surface area contributed by atoms with Gasteiger partial charge in [-0.1, -0.05) is 51.1 Å². The normalized spacial score (nSPS) is 11.2. The van der Waals surface area contributed by atoms with Crippen LogP contribution < -0.4 is 14.9 Å². The summed E-state index contributed by atoms with van der Waals surface area (Å²) in [6.45, 7) is 5.58. The summed E-state index contributed by atoms with van der Waals surface area (Å²) < 4.78 is 10.8. The van der Waals surface area contributed by atoms with Crippen LogP contribution in [0.15, 0.2) is 53.6 Å². The summed E-state index contributed by atoms with van der Waals surface area (Å²) in [6.07, 6.45) is 1.39. The summed E-state index contributed by atoms with van der Waals surface area (Å²) in [7, 11) is 0. The standard InChI is InChI=1S/C21H24N2O5/c1-21(2,3)16-9-5-7-11-18(16)27-13-19(24)23-22-12-15-8-4-6-10-17(15)28-14-20(25)26/h4-12H,13-14H2,1-3H3,(H,23,24)(H,25,26)/b22-12+. The van der Waals surface area contributed by atoms with Crippen molar-refractivity contribution in [2.45, 2.75) is 26.2 Å². The molecule has 148 valence electrons. The molecule has 0 saturated carbocycles. The summed E-state index contributed by atoms with van der Waals surface area (Å²) in [5.41, 5.74) is 3.83. The van der Waals surface area contributed by atoms with Crippen LogP contribution in [0.3, 0.4) is 0 Å². The molecule has 0 atom stereocenters. The maximum Gasteiger partial charge on any atom is 0.341 e. The van der Waals surface area contributed by atoms with Gasteiger partial charge in [0.25, 0.3) is 5.91 Å². The lowest BCUT2D eigenvalue weighted by Crippen LogP contribution is -2.25.